The van der Waals surface area contributed by atoms with Gasteiger partial charge in [-0.3, -0.25) is 9.59 Å². The summed E-state index contributed by atoms with van der Waals surface area (Å²) in [6.45, 7) is 9.04. The Morgan fingerprint density at radius 2 is 0.403 bits per heavy atom. The van der Waals surface area contributed by atoms with Crippen LogP contribution in [0.1, 0.15) is 400 Å². The van der Waals surface area contributed by atoms with Crippen LogP contribution < -0.4 is 10.2 Å². The summed E-state index contributed by atoms with van der Waals surface area (Å²) in [5.74, 6) is -1.87. The minimum absolute atomic E-state index is 0. The van der Waals surface area contributed by atoms with Gasteiger partial charge in [-0.15, -0.1) is 0 Å². The van der Waals surface area contributed by atoms with Crippen LogP contribution in [0.15, 0.2) is 0 Å². The fraction of sp³-hybridized carbons (Fsp3) is 0.941. The first kappa shape index (κ1) is 80.4. The van der Waals surface area contributed by atoms with Gasteiger partial charge in [0.05, 0.1) is 0 Å². The fourth-order valence-corrected chi connectivity index (χ4v) is 10.6. The predicted molar refractivity (Wildman–Crippen MR) is 326 cm³/mol. The molecule has 0 aromatic heterocycles. The van der Waals surface area contributed by atoms with E-state index < -0.39 is 11.9 Å². The molecule has 0 saturated carbocycles. The first-order valence-electron chi connectivity index (χ1n) is 34.0. The minimum atomic E-state index is -0.942. The van der Waals surface area contributed by atoms with E-state index in [1.54, 1.807) is 0 Å². The summed E-state index contributed by atoms with van der Waals surface area (Å²) in [6.07, 6.45) is 67.3. The molecule has 0 aliphatic rings. The molecule has 0 amide bonds. The topological polar surface area (TPSA) is 133 Å². The summed E-state index contributed by atoms with van der Waals surface area (Å²) in [4.78, 5) is 46.0. The molecule has 0 aliphatic carbocycles. The number of ether oxygens (including phenoxy) is 2. The molecule has 2 unspecified atom stereocenters. The van der Waals surface area contributed by atoms with Gasteiger partial charge in [-0.05, 0) is 89.9 Å². The number of unbranched alkanes of at least 4 members (excludes halogenated alkanes) is 44. The van der Waals surface area contributed by atoms with E-state index in [9.17, 15) is 29.4 Å². The van der Waals surface area contributed by atoms with Crippen LogP contribution in [0.4, 0.5) is 0 Å². The van der Waals surface area contributed by atoms with Gasteiger partial charge in [0, 0.05) is 24.8 Å². The Balaban J connectivity index is -0.00000140. The average molecular weight is 1120 g/mol. The number of carbonyl (C=O) groups is 4. The monoisotopic (exact) mass is 1110 g/mol. The second-order valence-electron chi connectivity index (χ2n) is 23.4. The first-order valence-corrected chi connectivity index (χ1v) is 34.0. The van der Waals surface area contributed by atoms with E-state index in [0.29, 0.717) is 12.8 Å². The molecule has 0 bridgehead atoms. The Kier molecular flexibility index (Phi) is 72.4. The zero-order chi connectivity index (χ0) is 55.9. The zero-order valence-electron chi connectivity index (χ0n) is 52.1. The van der Waals surface area contributed by atoms with Crippen LogP contribution in [-0.2, 0) is 28.7 Å². The first-order chi connectivity index (χ1) is 37.2. The Labute approximate surface area is 509 Å². The van der Waals surface area contributed by atoms with E-state index in [1.165, 1.54) is 205 Å². The molecule has 8 nitrogen and oxygen atoms in total. The molecular weight excluding hydrogens is 985 g/mol. The number of hydrogen-bond donors (Lipinski definition) is 0. The Bertz CT molecular complexity index is 1110. The van der Waals surface area contributed by atoms with Gasteiger partial charge in [-0.25, -0.2) is 0 Å². The third-order valence-electron chi connectivity index (χ3n) is 15.6. The van der Waals surface area contributed by atoms with Crippen molar-refractivity contribution < 1.29 is 38.9 Å². The van der Waals surface area contributed by atoms with Gasteiger partial charge >= 0.3 is 49.7 Å². The summed E-state index contributed by atoms with van der Waals surface area (Å²) < 4.78 is 11.9. The van der Waals surface area contributed by atoms with Gasteiger partial charge in [0.2, 0.25) is 0 Å². The van der Waals surface area contributed by atoms with Crippen molar-refractivity contribution in [2.24, 2.45) is 0 Å². The maximum Gasteiger partial charge on any atom is 2.00 e. The average Bonchev–Trinajstić information content (AvgIpc) is 3.40. The largest absolute Gasteiger partial charge is 2.00 e. The number of hydrogen-bond acceptors (Lipinski definition) is 8. The van der Waals surface area contributed by atoms with Gasteiger partial charge < -0.3 is 29.3 Å². The summed E-state index contributed by atoms with van der Waals surface area (Å²) >= 11 is 0. The van der Waals surface area contributed by atoms with E-state index in [4.69, 9.17) is 9.47 Å². The standard InChI is InChI=1S/2C34H66O4.Ca/c2*1-3-5-7-9-11-12-13-14-15-16-17-23-27-31-34(37)38-32(28-24-20-10-8-6-4-2)29-25-21-18-19-22-26-30-33(35)36;/h2*32H,3-31H2,1-2H3,(H,35,36);/q;;+2/p-2. The van der Waals surface area contributed by atoms with E-state index in [0.717, 1.165) is 141 Å². The Hall–Kier alpha value is -0.860. The molecule has 0 spiro atoms. The Morgan fingerprint density at radius 3 is 0.584 bits per heavy atom. The number of carboxylic acids is 2. The molecule has 0 rings (SSSR count). The van der Waals surface area contributed by atoms with Gasteiger partial charge in [-0.2, -0.15) is 0 Å². The quantitative estimate of drug-likeness (QED) is 0.0334. The summed E-state index contributed by atoms with van der Waals surface area (Å²) in [6, 6.07) is 0. The Morgan fingerprint density at radius 1 is 0.247 bits per heavy atom. The molecule has 452 valence electrons. The van der Waals surface area contributed by atoms with Gasteiger partial charge in [-0.1, -0.05) is 297 Å². The summed E-state index contributed by atoms with van der Waals surface area (Å²) in [7, 11) is 0. The summed E-state index contributed by atoms with van der Waals surface area (Å²) in [5, 5.41) is 21.0. The third-order valence-corrected chi connectivity index (χ3v) is 15.6. The number of esters is 2. The number of aliphatic carboxylic acids is 2. The van der Waals surface area contributed by atoms with Crippen LogP contribution in [0.3, 0.4) is 0 Å². The van der Waals surface area contributed by atoms with Gasteiger partial charge in [0.1, 0.15) is 12.2 Å². The second kappa shape index (κ2) is 69.4. The van der Waals surface area contributed by atoms with E-state index >= 15 is 0 Å². The molecular formula is C68H130CaO8. The van der Waals surface area contributed by atoms with Crippen LogP contribution in [0.2, 0.25) is 0 Å². The molecule has 0 aliphatic heterocycles. The molecule has 0 aromatic rings. The van der Waals surface area contributed by atoms with E-state index in [-0.39, 0.29) is 74.7 Å². The summed E-state index contributed by atoms with van der Waals surface area (Å²) in [5.41, 5.74) is 0. The van der Waals surface area contributed by atoms with Crippen molar-refractivity contribution in [2.75, 3.05) is 0 Å². The van der Waals surface area contributed by atoms with Gasteiger partial charge in [0.25, 0.3) is 0 Å². The number of carboxylic acid groups (broad SMARTS) is 2. The van der Waals surface area contributed by atoms with Crippen molar-refractivity contribution in [1.29, 1.82) is 0 Å². The van der Waals surface area contributed by atoms with Crippen LogP contribution in [0.5, 0.6) is 0 Å². The second-order valence-corrected chi connectivity index (χ2v) is 23.4. The maximum absolute atomic E-state index is 12.5. The van der Waals surface area contributed by atoms with Crippen LogP contribution in [0, 0.1) is 0 Å². The van der Waals surface area contributed by atoms with Crippen molar-refractivity contribution in [3.8, 4) is 0 Å². The smallest absolute Gasteiger partial charge is 0.550 e. The number of carbonyl (C=O) groups excluding carboxylic acids is 4. The molecule has 2 atom stereocenters. The number of rotatable bonds is 62. The molecule has 0 saturated heterocycles. The van der Waals surface area contributed by atoms with Crippen molar-refractivity contribution in [3.63, 3.8) is 0 Å². The molecule has 0 fully saturated rings. The van der Waals surface area contributed by atoms with Gasteiger partial charge in [0.15, 0.2) is 0 Å². The van der Waals surface area contributed by atoms with Crippen LogP contribution >= 0.6 is 0 Å². The normalized spacial score (nSPS) is 11.9. The van der Waals surface area contributed by atoms with Crippen LogP contribution in [0.25, 0.3) is 0 Å². The fourth-order valence-electron chi connectivity index (χ4n) is 10.6. The van der Waals surface area contributed by atoms with E-state index in [2.05, 4.69) is 27.7 Å². The molecule has 0 heterocycles. The third kappa shape index (κ3) is 71.2. The molecule has 9 heteroatoms. The molecule has 0 N–H and O–H groups in total. The molecule has 0 aromatic carbocycles. The maximum atomic E-state index is 12.5. The molecule has 0 radical (unpaired) electrons. The van der Waals surface area contributed by atoms with Crippen molar-refractivity contribution in [3.05, 3.63) is 0 Å². The zero-order valence-corrected chi connectivity index (χ0v) is 54.3. The molecule has 77 heavy (non-hydrogen) atoms. The van der Waals surface area contributed by atoms with Crippen LogP contribution in [-0.4, -0.2) is 73.8 Å². The van der Waals surface area contributed by atoms with Crippen molar-refractivity contribution >= 4 is 61.6 Å². The van der Waals surface area contributed by atoms with Crippen molar-refractivity contribution in [1.82, 2.24) is 0 Å². The predicted octanol–water partition coefficient (Wildman–Crippen LogP) is 19.6. The van der Waals surface area contributed by atoms with E-state index in [1.807, 2.05) is 0 Å². The minimum Gasteiger partial charge on any atom is -0.550 e. The van der Waals surface area contributed by atoms with Crippen molar-refractivity contribution in [2.45, 2.75) is 412 Å². The SMILES string of the molecule is CCCCCCCCCCCCCCCC(=O)OC(CCCCCCCC)CCCCCCCCC(=O)[O-].CCCCCCCCCCCCCCCC(=O)OC(CCCCCCCC)CCCCCCCCC(=O)[O-].[Ca+2].